The minimum atomic E-state index is -0.923. The molecule has 0 bridgehead atoms. The first-order valence-corrected chi connectivity index (χ1v) is 11.9. The number of halogens is 3. The smallest absolute Gasteiger partial charge is 0.335 e. The molecule has 0 radical (unpaired) electrons. The number of nitrogens with zero attached hydrogens (tertiary/aromatic N) is 1. The number of amides is 4. The molecule has 1 fully saturated rings. The van der Waals surface area contributed by atoms with E-state index in [1.807, 2.05) is 18.2 Å². The fraction of sp³-hybridized carbons (Fsp3) is 0.115. The van der Waals surface area contributed by atoms with Crippen molar-refractivity contribution in [1.82, 2.24) is 5.32 Å². The van der Waals surface area contributed by atoms with E-state index in [0.29, 0.717) is 33.2 Å². The Kier molecular flexibility index (Phi) is 7.71. The first kappa shape index (κ1) is 25.4. The van der Waals surface area contributed by atoms with Crippen molar-refractivity contribution in [3.63, 3.8) is 0 Å². The van der Waals surface area contributed by atoms with Crippen molar-refractivity contribution in [3.8, 4) is 11.5 Å². The average Bonchev–Trinajstić information content (AvgIpc) is 2.83. The van der Waals surface area contributed by atoms with Crippen molar-refractivity contribution >= 4 is 57.1 Å². The highest BCUT2D eigenvalue weighted by Crippen LogP contribution is 2.38. The molecule has 3 aromatic rings. The standard InChI is InChI=1S/C26H19BrClFN2O5/c1-2-35-22-13-15(12-20(27)23(22)36-14-16-5-3-4-6-21(16)28)11-19-24(32)30-26(34)31(25(19)33)18-9-7-17(29)8-10-18/h3-13H,2,14H2,1H3,(H,30,32,34)/b19-11+. The monoisotopic (exact) mass is 572 g/mol. The van der Waals surface area contributed by atoms with E-state index in [-0.39, 0.29) is 17.9 Å². The number of ether oxygens (including phenoxy) is 2. The van der Waals surface area contributed by atoms with Crippen LogP contribution in [-0.4, -0.2) is 24.5 Å². The van der Waals surface area contributed by atoms with E-state index >= 15 is 0 Å². The molecule has 1 saturated heterocycles. The minimum absolute atomic E-state index is 0.122. The van der Waals surface area contributed by atoms with Crippen LogP contribution in [0.5, 0.6) is 11.5 Å². The Balaban J connectivity index is 1.66. The van der Waals surface area contributed by atoms with Gasteiger partial charge in [-0.2, -0.15) is 0 Å². The molecule has 4 amide bonds. The number of anilines is 1. The molecule has 4 rings (SSSR count). The number of benzene rings is 3. The molecule has 0 aliphatic carbocycles. The van der Waals surface area contributed by atoms with E-state index in [1.54, 1.807) is 25.1 Å². The number of urea groups is 1. The van der Waals surface area contributed by atoms with E-state index in [4.69, 9.17) is 21.1 Å². The molecule has 1 heterocycles. The third kappa shape index (κ3) is 5.42. The lowest BCUT2D eigenvalue weighted by Gasteiger charge is -2.26. The molecular weight excluding hydrogens is 555 g/mol. The average molecular weight is 574 g/mol. The van der Waals surface area contributed by atoms with Gasteiger partial charge in [0.1, 0.15) is 18.0 Å². The summed E-state index contributed by atoms with van der Waals surface area (Å²) in [4.78, 5) is 38.7. The quantitative estimate of drug-likeness (QED) is 0.282. The molecule has 0 saturated carbocycles. The Morgan fingerprint density at radius 2 is 1.78 bits per heavy atom. The van der Waals surface area contributed by atoms with Gasteiger partial charge in [-0.15, -0.1) is 0 Å². The fourth-order valence-electron chi connectivity index (χ4n) is 3.49. The van der Waals surface area contributed by atoms with Crippen LogP contribution in [0.4, 0.5) is 14.9 Å². The van der Waals surface area contributed by atoms with Crippen LogP contribution in [0.15, 0.2) is 70.7 Å². The number of hydrogen-bond donors (Lipinski definition) is 1. The summed E-state index contributed by atoms with van der Waals surface area (Å²) in [5.74, 6) is -1.43. The van der Waals surface area contributed by atoms with Crippen LogP contribution < -0.4 is 19.7 Å². The molecule has 0 unspecified atom stereocenters. The predicted octanol–water partition coefficient (Wildman–Crippen LogP) is 5.89. The van der Waals surface area contributed by atoms with Crippen LogP contribution in [0.2, 0.25) is 5.02 Å². The largest absolute Gasteiger partial charge is 0.490 e. The van der Waals surface area contributed by atoms with Crippen molar-refractivity contribution in [2.45, 2.75) is 13.5 Å². The Morgan fingerprint density at radius 3 is 2.47 bits per heavy atom. The second kappa shape index (κ2) is 10.9. The zero-order chi connectivity index (χ0) is 25.8. The molecular formula is C26H19BrClFN2O5. The summed E-state index contributed by atoms with van der Waals surface area (Å²) in [6, 6.07) is 14.4. The van der Waals surface area contributed by atoms with Crippen molar-refractivity contribution in [3.05, 3.63) is 92.7 Å². The minimum Gasteiger partial charge on any atom is -0.490 e. The lowest BCUT2D eigenvalue weighted by Crippen LogP contribution is -2.54. The first-order chi connectivity index (χ1) is 17.3. The van der Waals surface area contributed by atoms with Gasteiger partial charge in [-0.3, -0.25) is 14.9 Å². The third-order valence-corrected chi connectivity index (χ3v) is 6.12. The number of hydrogen-bond acceptors (Lipinski definition) is 5. The number of nitrogens with one attached hydrogen (secondary N) is 1. The Labute approximate surface area is 219 Å². The SMILES string of the molecule is CCOc1cc(/C=C2\C(=O)NC(=O)N(c3ccc(F)cc3)C2=O)cc(Br)c1OCc1ccccc1Cl. The highest BCUT2D eigenvalue weighted by Gasteiger charge is 2.36. The zero-order valence-corrected chi connectivity index (χ0v) is 21.2. The second-order valence-corrected chi connectivity index (χ2v) is 8.84. The molecule has 10 heteroatoms. The lowest BCUT2D eigenvalue weighted by atomic mass is 10.1. The van der Waals surface area contributed by atoms with Gasteiger partial charge in [0, 0.05) is 10.6 Å². The second-order valence-electron chi connectivity index (χ2n) is 7.58. The summed E-state index contributed by atoms with van der Waals surface area (Å²) in [6.45, 7) is 2.33. The number of imide groups is 2. The van der Waals surface area contributed by atoms with Crippen LogP contribution in [0, 0.1) is 5.82 Å². The van der Waals surface area contributed by atoms with Crippen molar-refractivity contribution in [2.24, 2.45) is 0 Å². The van der Waals surface area contributed by atoms with Crippen LogP contribution >= 0.6 is 27.5 Å². The molecule has 0 spiro atoms. The van der Waals surface area contributed by atoms with E-state index in [9.17, 15) is 18.8 Å². The molecule has 36 heavy (non-hydrogen) atoms. The van der Waals surface area contributed by atoms with Crippen LogP contribution in [0.25, 0.3) is 6.08 Å². The molecule has 1 aliphatic heterocycles. The molecule has 184 valence electrons. The van der Waals surface area contributed by atoms with Crippen LogP contribution in [0.3, 0.4) is 0 Å². The maximum Gasteiger partial charge on any atom is 0.335 e. The van der Waals surface area contributed by atoms with Crippen molar-refractivity contribution < 1.29 is 28.2 Å². The Hall–Kier alpha value is -3.69. The van der Waals surface area contributed by atoms with Gasteiger partial charge in [0.05, 0.1) is 16.8 Å². The van der Waals surface area contributed by atoms with Crippen LogP contribution in [0.1, 0.15) is 18.1 Å². The molecule has 7 nitrogen and oxygen atoms in total. The molecule has 1 aliphatic rings. The summed E-state index contributed by atoms with van der Waals surface area (Å²) in [5.41, 5.74) is 1.08. The third-order valence-electron chi connectivity index (χ3n) is 5.16. The summed E-state index contributed by atoms with van der Waals surface area (Å²) in [6.07, 6.45) is 1.34. The molecule has 0 atom stereocenters. The first-order valence-electron chi connectivity index (χ1n) is 10.8. The van der Waals surface area contributed by atoms with E-state index in [0.717, 1.165) is 22.6 Å². The maximum absolute atomic E-state index is 13.3. The van der Waals surface area contributed by atoms with E-state index in [1.165, 1.54) is 18.2 Å². The summed E-state index contributed by atoms with van der Waals surface area (Å²) < 4.78 is 25.5. The van der Waals surface area contributed by atoms with Crippen molar-refractivity contribution in [2.75, 3.05) is 11.5 Å². The van der Waals surface area contributed by atoms with Gasteiger partial charge in [-0.05, 0) is 77.0 Å². The van der Waals surface area contributed by atoms with E-state index < -0.39 is 23.7 Å². The number of carbonyl (C=O) groups is 3. The molecule has 3 aromatic carbocycles. The van der Waals surface area contributed by atoms with Gasteiger partial charge in [0.25, 0.3) is 11.8 Å². The topological polar surface area (TPSA) is 84.9 Å². The van der Waals surface area contributed by atoms with Gasteiger partial charge >= 0.3 is 6.03 Å². The highest BCUT2D eigenvalue weighted by atomic mass is 79.9. The number of rotatable bonds is 7. The van der Waals surface area contributed by atoms with Gasteiger partial charge in [0.15, 0.2) is 11.5 Å². The summed E-state index contributed by atoms with van der Waals surface area (Å²) >= 11 is 9.69. The van der Waals surface area contributed by atoms with Gasteiger partial charge in [0.2, 0.25) is 0 Å². The molecule has 1 N–H and O–H groups in total. The number of barbiturate groups is 1. The normalized spacial score (nSPS) is 14.7. The van der Waals surface area contributed by atoms with Gasteiger partial charge in [-0.25, -0.2) is 14.1 Å². The lowest BCUT2D eigenvalue weighted by molar-refractivity contribution is -0.122. The zero-order valence-electron chi connectivity index (χ0n) is 18.9. The van der Waals surface area contributed by atoms with Gasteiger partial charge < -0.3 is 9.47 Å². The Morgan fingerprint density at radius 1 is 1.06 bits per heavy atom. The number of carbonyl (C=O) groups excluding carboxylic acids is 3. The van der Waals surface area contributed by atoms with Crippen LogP contribution in [-0.2, 0) is 16.2 Å². The van der Waals surface area contributed by atoms with E-state index in [2.05, 4.69) is 21.2 Å². The fourth-order valence-corrected chi connectivity index (χ4v) is 4.25. The Bertz CT molecular complexity index is 1380. The maximum atomic E-state index is 13.3. The van der Waals surface area contributed by atoms with Gasteiger partial charge in [-0.1, -0.05) is 29.8 Å². The summed E-state index contributed by atoms with van der Waals surface area (Å²) in [5, 5.41) is 2.70. The summed E-state index contributed by atoms with van der Waals surface area (Å²) in [7, 11) is 0. The van der Waals surface area contributed by atoms with Crippen molar-refractivity contribution in [1.29, 1.82) is 0 Å². The predicted molar refractivity (Wildman–Crippen MR) is 136 cm³/mol. The highest BCUT2D eigenvalue weighted by molar-refractivity contribution is 9.10. The molecule has 0 aromatic heterocycles.